The van der Waals surface area contributed by atoms with Crippen LogP contribution < -0.4 is 0 Å². The lowest BCUT2D eigenvalue weighted by Crippen LogP contribution is -2.10. The summed E-state index contributed by atoms with van der Waals surface area (Å²) in [6, 6.07) is 17.6. The molecule has 0 unspecified atom stereocenters. The topological polar surface area (TPSA) is 44.0 Å². The fourth-order valence-electron chi connectivity index (χ4n) is 3.03. The lowest BCUT2D eigenvalue weighted by atomic mass is 9.78. The minimum atomic E-state index is 0.306. The highest BCUT2D eigenvalue weighted by Gasteiger charge is 2.21. The fraction of sp³-hybridized carbons (Fsp3) is 0.316. The van der Waals surface area contributed by atoms with E-state index >= 15 is 0 Å². The van der Waals surface area contributed by atoms with Crippen LogP contribution in [0.25, 0.3) is 0 Å². The van der Waals surface area contributed by atoms with Crippen molar-refractivity contribution < 1.29 is 5.11 Å². The first-order chi connectivity index (χ1) is 10.2. The first-order valence-corrected chi connectivity index (χ1v) is 7.48. The van der Waals surface area contributed by atoms with Crippen LogP contribution in [0.5, 0.6) is 5.75 Å². The Morgan fingerprint density at radius 2 is 1.29 bits per heavy atom. The van der Waals surface area contributed by atoms with Gasteiger partial charge in [-0.05, 0) is 60.1 Å². The molecule has 0 aliphatic carbocycles. The third kappa shape index (κ3) is 3.44. The summed E-state index contributed by atoms with van der Waals surface area (Å²) in [7, 11) is 0. The Bertz CT molecular complexity index is 608. The van der Waals surface area contributed by atoms with Crippen molar-refractivity contribution >= 4 is 0 Å². The maximum absolute atomic E-state index is 9.45. The number of hydrogen-bond donors (Lipinski definition) is 1. The van der Waals surface area contributed by atoms with Gasteiger partial charge in [0.1, 0.15) is 5.75 Å². The van der Waals surface area contributed by atoms with Crippen molar-refractivity contribution in [3.8, 4) is 11.8 Å². The van der Waals surface area contributed by atoms with E-state index in [1.165, 1.54) is 11.1 Å². The SMILES string of the molecule is CC[C@@H](c1ccc(O)cc1)[C@@H](CC)c1ccc(C#N)cc1. The second-order valence-electron chi connectivity index (χ2n) is 5.35. The highest BCUT2D eigenvalue weighted by molar-refractivity contribution is 5.36. The maximum Gasteiger partial charge on any atom is 0.115 e. The zero-order valence-electron chi connectivity index (χ0n) is 12.6. The van der Waals surface area contributed by atoms with Gasteiger partial charge < -0.3 is 5.11 Å². The van der Waals surface area contributed by atoms with Crippen LogP contribution in [-0.4, -0.2) is 5.11 Å². The molecule has 2 nitrogen and oxygen atoms in total. The minimum Gasteiger partial charge on any atom is -0.508 e. The Morgan fingerprint density at radius 1 is 0.857 bits per heavy atom. The molecule has 21 heavy (non-hydrogen) atoms. The third-order valence-corrected chi connectivity index (χ3v) is 4.15. The number of hydrogen-bond acceptors (Lipinski definition) is 2. The van der Waals surface area contributed by atoms with Gasteiger partial charge in [-0.2, -0.15) is 5.26 Å². The first-order valence-electron chi connectivity index (χ1n) is 7.48. The summed E-state index contributed by atoms with van der Waals surface area (Å²) in [4.78, 5) is 0. The van der Waals surface area contributed by atoms with Gasteiger partial charge in [0.2, 0.25) is 0 Å². The van der Waals surface area contributed by atoms with E-state index in [9.17, 15) is 5.11 Å². The molecule has 108 valence electrons. The van der Waals surface area contributed by atoms with Crippen LogP contribution >= 0.6 is 0 Å². The van der Waals surface area contributed by atoms with E-state index in [0.717, 1.165) is 12.8 Å². The van der Waals surface area contributed by atoms with Gasteiger partial charge in [-0.25, -0.2) is 0 Å². The van der Waals surface area contributed by atoms with E-state index in [2.05, 4.69) is 32.0 Å². The predicted octanol–water partition coefficient (Wildman–Crippen LogP) is 4.95. The smallest absolute Gasteiger partial charge is 0.115 e. The monoisotopic (exact) mass is 279 g/mol. The van der Waals surface area contributed by atoms with Crippen molar-refractivity contribution in [2.45, 2.75) is 38.5 Å². The third-order valence-electron chi connectivity index (χ3n) is 4.15. The van der Waals surface area contributed by atoms with Gasteiger partial charge in [0.15, 0.2) is 0 Å². The molecule has 0 amide bonds. The molecule has 0 aliphatic rings. The van der Waals surface area contributed by atoms with Crippen molar-refractivity contribution in [3.63, 3.8) is 0 Å². The Balaban J connectivity index is 2.32. The van der Waals surface area contributed by atoms with Crippen molar-refractivity contribution in [1.29, 1.82) is 5.26 Å². The molecule has 0 fully saturated rings. The molecule has 0 saturated heterocycles. The van der Waals surface area contributed by atoms with Gasteiger partial charge in [-0.3, -0.25) is 0 Å². The van der Waals surface area contributed by atoms with E-state index in [1.807, 2.05) is 24.3 Å². The van der Waals surface area contributed by atoms with E-state index < -0.39 is 0 Å². The van der Waals surface area contributed by atoms with Gasteiger partial charge in [-0.1, -0.05) is 38.1 Å². The van der Waals surface area contributed by atoms with Crippen molar-refractivity contribution in [1.82, 2.24) is 0 Å². The summed E-state index contributed by atoms with van der Waals surface area (Å²) < 4.78 is 0. The number of phenols is 1. The second kappa shape index (κ2) is 6.95. The molecule has 2 atom stereocenters. The Kier molecular flexibility index (Phi) is 5.00. The van der Waals surface area contributed by atoms with Crippen LogP contribution in [0.4, 0.5) is 0 Å². The molecule has 2 aromatic carbocycles. The van der Waals surface area contributed by atoms with Crippen molar-refractivity contribution in [2.75, 3.05) is 0 Å². The summed E-state index contributed by atoms with van der Waals surface area (Å²) in [6.45, 7) is 4.40. The summed E-state index contributed by atoms with van der Waals surface area (Å²) >= 11 is 0. The number of rotatable bonds is 5. The quantitative estimate of drug-likeness (QED) is 0.841. The largest absolute Gasteiger partial charge is 0.508 e. The summed E-state index contributed by atoms with van der Waals surface area (Å²) in [6.07, 6.45) is 2.09. The van der Waals surface area contributed by atoms with Gasteiger partial charge in [0.05, 0.1) is 11.6 Å². The Hall–Kier alpha value is -2.27. The lowest BCUT2D eigenvalue weighted by molar-refractivity contribution is 0.473. The number of phenolic OH excluding ortho intramolecular Hbond substituents is 1. The minimum absolute atomic E-state index is 0.306. The summed E-state index contributed by atoms with van der Waals surface area (Å²) in [5.41, 5.74) is 3.23. The highest BCUT2D eigenvalue weighted by Crippen LogP contribution is 2.38. The summed E-state index contributed by atoms with van der Waals surface area (Å²) in [5.74, 6) is 1.15. The Labute approximate surface area is 126 Å². The van der Waals surface area contributed by atoms with Gasteiger partial charge in [0, 0.05) is 0 Å². The van der Waals surface area contributed by atoms with Crippen LogP contribution in [0.1, 0.15) is 55.2 Å². The second-order valence-corrected chi connectivity index (χ2v) is 5.35. The lowest BCUT2D eigenvalue weighted by Gasteiger charge is -2.26. The van der Waals surface area contributed by atoms with Crippen LogP contribution in [-0.2, 0) is 0 Å². The van der Waals surface area contributed by atoms with E-state index in [0.29, 0.717) is 23.1 Å². The fourth-order valence-corrected chi connectivity index (χ4v) is 3.03. The molecule has 2 aromatic rings. The van der Waals surface area contributed by atoms with Crippen LogP contribution in [0, 0.1) is 11.3 Å². The molecule has 2 heteroatoms. The van der Waals surface area contributed by atoms with E-state index in [4.69, 9.17) is 5.26 Å². The molecule has 0 radical (unpaired) electrons. The molecule has 0 heterocycles. The van der Waals surface area contributed by atoms with E-state index in [-0.39, 0.29) is 0 Å². The van der Waals surface area contributed by atoms with Gasteiger partial charge >= 0.3 is 0 Å². The molecule has 0 aliphatic heterocycles. The van der Waals surface area contributed by atoms with Crippen LogP contribution in [0.3, 0.4) is 0 Å². The molecule has 0 bridgehead atoms. The molecular formula is C19H21NO. The van der Waals surface area contributed by atoms with Crippen LogP contribution in [0.15, 0.2) is 48.5 Å². The van der Waals surface area contributed by atoms with Gasteiger partial charge in [-0.15, -0.1) is 0 Å². The number of benzene rings is 2. The van der Waals surface area contributed by atoms with Gasteiger partial charge in [0.25, 0.3) is 0 Å². The summed E-state index contributed by atoms with van der Waals surface area (Å²) in [5, 5.41) is 18.4. The molecular weight excluding hydrogens is 258 g/mol. The molecule has 0 aromatic heterocycles. The average Bonchev–Trinajstić information content (AvgIpc) is 2.54. The normalized spacial score (nSPS) is 13.4. The first kappa shape index (κ1) is 15.1. The van der Waals surface area contributed by atoms with E-state index in [1.54, 1.807) is 12.1 Å². The molecule has 0 saturated carbocycles. The maximum atomic E-state index is 9.45. The number of nitriles is 1. The molecule has 2 rings (SSSR count). The molecule has 1 N–H and O–H groups in total. The zero-order valence-corrected chi connectivity index (χ0v) is 12.6. The van der Waals surface area contributed by atoms with Crippen molar-refractivity contribution in [3.05, 3.63) is 65.2 Å². The highest BCUT2D eigenvalue weighted by atomic mass is 16.3. The van der Waals surface area contributed by atoms with Crippen LogP contribution in [0.2, 0.25) is 0 Å². The van der Waals surface area contributed by atoms with Crippen molar-refractivity contribution in [2.24, 2.45) is 0 Å². The number of aromatic hydroxyl groups is 1. The predicted molar refractivity (Wildman–Crippen MR) is 85.3 cm³/mol. The average molecular weight is 279 g/mol. The zero-order chi connectivity index (χ0) is 15.2. The number of nitrogens with zero attached hydrogens (tertiary/aromatic N) is 1. The standard InChI is InChI=1S/C19H21NO/c1-3-18(15-7-5-14(13-20)6-8-15)19(4-2)16-9-11-17(21)12-10-16/h5-12,18-19,21H,3-4H2,1-2H3/t18-,19-/m0/s1. The Morgan fingerprint density at radius 3 is 1.67 bits per heavy atom. The molecule has 0 spiro atoms.